The summed E-state index contributed by atoms with van der Waals surface area (Å²) in [6.07, 6.45) is 3.93. The Balaban J connectivity index is 1.66. The Morgan fingerprint density at radius 1 is 0.824 bits per heavy atom. The second-order valence-corrected chi connectivity index (χ2v) is 9.63. The molecular weight excluding hydrogens is 463 g/mol. The van der Waals surface area contributed by atoms with Gasteiger partial charge < -0.3 is 4.57 Å². The van der Waals surface area contributed by atoms with Crippen LogP contribution in [0, 0.1) is 6.92 Å². The van der Waals surface area contributed by atoms with E-state index in [-0.39, 0.29) is 5.54 Å². The van der Waals surface area contributed by atoms with Gasteiger partial charge >= 0.3 is 0 Å². The number of hydrogen-bond donors (Lipinski definition) is 0. The van der Waals surface area contributed by atoms with Crippen LogP contribution in [-0.4, -0.2) is 19.3 Å². The summed E-state index contributed by atoms with van der Waals surface area (Å²) >= 11 is 12.7. The van der Waals surface area contributed by atoms with E-state index in [4.69, 9.17) is 33.3 Å². The first-order valence-corrected chi connectivity index (χ1v) is 11.8. The minimum atomic E-state index is -0.259. The number of imidazole rings is 1. The van der Waals surface area contributed by atoms with Crippen molar-refractivity contribution in [1.82, 2.24) is 19.3 Å². The van der Waals surface area contributed by atoms with Crippen molar-refractivity contribution in [3.8, 4) is 28.3 Å². The molecular formula is C28H24Cl2N4. The Bertz CT molecular complexity index is 1450. The second kappa shape index (κ2) is 8.79. The van der Waals surface area contributed by atoms with E-state index in [2.05, 4.69) is 55.8 Å². The second-order valence-electron chi connectivity index (χ2n) is 8.78. The third-order valence-corrected chi connectivity index (χ3v) is 6.84. The quantitative estimate of drug-likeness (QED) is 0.254. The zero-order chi connectivity index (χ0) is 23.9. The lowest BCUT2D eigenvalue weighted by atomic mass is 9.94. The van der Waals surface area contributed by atoms with E-state index in [9.17, 15) is 0 Å². The molecule has 0 radical (unpaired) electrons. The number of aromatic nitrogens is 4. The van der Waals surface area contributed by atoms with Gasteiger partial charge in [0.15, 0.2) is 0 Å². The largest absolute Gasteiger partial charge is 0.327 e. The highest BCUT2D eigenvalue weighted by atomic mass is 35.5. The summed E-state index contributed by atoms with van der Waals surface area (Å²) in [6, 6.07) is 25.9. The Morgan fingerprint density at radius 2 is 1.50 bits per heavy atom. The summed E-state index contributed by atoms with van der Waals surface area (Å²) in [5, 5.41) is 6.32. The average molecular weight is 487 g/mol. The molecule has 5 rings (SSSR count). The molecule has 6 heteroatoms. The molecule has 2 aromatic heterocycles. The molecule has 4 nitrogen and oxygen atoms in total. The third-order valence-electron chi connectivity index (χ3n) is 6.27. The Kier molecular flexibility index (Phi) is 5.80. The van der Waals surface area contributed by atoms with E-state index in [1.165, 1.54) is 5.56 Å². The van der Waals surface area contributed by atoms with E-state index in [0.717, 1.165) is 33.9 Å². The first-order valence-electron chi connectivity index (χ1n) is 11.1. The fourth-order valence-electron chi connectivity index (χ4n) is 4.23. The van der Waals surface area contributed by atoms with Gasteiger partial charge in [-0.3, -0.25) is 0 Å². The van der Waals surface area contributed by atoms with Crippen molar-refractivity contribution in [3.63, 3.8) is 0 Å². The van der Waals surface area contributed by atoms with Gasteiger partial charge in [-0.25, -0.2) is 9.67 Å². The molecule has 0 aliphatic carbocycles. The van der Waals surface area contributed by atoms with Gasteiger partial charge in [0.2, 0.25) is 0 Å². The van der Waals surface area contributed by atoms with E-state index in [0.29, 0.717) is 10.0 Å². The summed E-state index contributed by atoms with van der Waals surface area (Å²) in [5.41, 5.74) is 6.36. The molecule has 0 bridgehead atoms. The maximum absolute atomic E-state index is 6.58. The molecule has 2 heterocycles. The van der Waals surface area contributed by atoms with Gasteiger partial charge in [0.1, 0.15) is 11.4 Å². The minimum Gasteiger partial charge on any atom is -0.327 e. The Labute approximate surface area is 209 Å². The van der Waals surface area contributed by atoms with Crippen LogP contribution in [0.3, 0.4) is 0 Å². The summed E-state index contributed by atoms with van der Waals surface area (Å²) in [4.78, 5) is 4.75. The highest BCUT2D eigenvalue weighted by molar-refractivity contribution is 6.32. The third kappa shape index (κ3) is 3.93. The highest BCUT2D eigenvalue weighted by Crippen LogP contribution is 2.36. The molecule has 0 amide bonds. The number of halogens is 2. The number of nitrogens with zero attached hydrogens (tertiary/aromatic N) is 4. The summed E-state index contributed by atoms with van der Waals surface area (Å²) < 4.78 is 4.03. The van der Waals surface area contributed by atoms with Crippen molar-refractivity contribution in [2.45, 2.75) is 26.3 Å². The zero-order valence-corrected chi connectivity index (χ0v) is 20.7. The first-order chi connectivity index (χ1) is 16.4. The van der Waals surface area contributed by atoms with Crippen molar-refractivity contribution in [2.24, 2.45) is 0 Å². The highest BCUT2D eigenvalue weighted by Gasteiger charge is 2.25. The van der Waals surface area contributed by atoms with Crippen molar-refractivity contribution in [2.75, 3.05) is 0 Å². The average Bonchev–Trinajstić information content (AvgIpc) is 3.46. The molecule has 0 unspecified atom stereocenters. The van der Waals surface area contributed by atoms with Crippen molar-refractivity contribution in [1.29, 1.82) is 0 Å². The lowest BCUT2D eigenvalue weighted by molar-refractivity contribution is 0.435. The topological polar surface area (TPSA) is 35.6 Å². The molecule has 0 aliphatic heterocycles. The summed E-state index contributed by atoms with van der Waals surface area (Å²) in [5.74, 6) is 0. The summed E-state index contributed by atoms with van der Waals surface area (Å²) in [6.45, 7) is 6.44. The van der Waals surface area contributed by atoms with Crippen molar-refractivity contribution < 1.29 is 0 Å². The van der Waals surface area contributed by atoms with Crippen LogP contribution in [0.15, 0.2) is 91.4 Å². The van der Waals surface area contributed by atoms with E-state index in [1.54, 1.807) is 0 Å². The molecule has 5 aromatic rings. The molecule has 0 spiro atoms. The van der Waals surface area contributed by atoms with Crippen LogP contribution < -0.4 is 0 Å². The normalized spacial score (nSPS) is 11.7. The lowest BCUT2D eigenvalue weighted by Crippen LogP contribution is -2.26. The predicted octanol–water partition coefficient (Wildman–Crippen LogP) is 7.80. The van der Waals surface area contributed by atoms with Gasteiger partial charge in [-0.2, -0.15) is 5.10 Å². The molecule has 170 valence electrons. The van der Waals surface area contributed by atoms with Gasteiger partial charge in [-0.05, 0) is 50.6 Å². The van der Waals surface area contributed by atoms with E-state index >= 15 is 0 Å². The van der Waals surface area contributed by atoms with Crippen LogP contribution in [0.4, 0.5) is 0 Å². The molecule has 0 aliphatic rings. The predicted molar refractivity (Wildman–Crippen MR) is 140 cm³/mol. The molecule has 0 saturated heterocycles. The SMILES string of the molecule is Cc1c(-c2cn(C(C)(C)c3ccccc3)cn2)nn(-c2ccccc2Cl)c1-c1ccc(Cl)cc1. The smallest absolute Gasteiger partial charge is 0.116 e. The number of benzene rings is 3. The van der Waals surface area contributed by atoms with Crippen LogP contribution in [0.25, 0.3) is 28.3 Å². The maximum atomic E-state index is 6.58. The first kappa shape index (κ1) is 22.5. The molecule has 0 N–H and O–H groups in total. The van der Waals surface area contributed by atoms with Crippen LogP contribution in [-0.2, 0) is 5.54 Å². The number of hydrogen-bond acceptors (Lipinski definition) is 2. The fourth-order valence-corrected chi connectivity index (χ4v) is 4.57. The maximum Gasteiger partial charge on any atom is 0.116 e. The zero-order valence-electron chi connectivity index (χ0n) is 19.2. The van der Waals surface area contributed by atoms with Crippen molar-refractivity contribution >= 4 is 23.2 Å². The van der Waals surface area contributed by atoms with Gasteiger partial charge in [0, 0.05) is 22.3 Å². The Morgan fingerprint density at radius 3 is 2.21 bits per heavy atom. The monoisotopic (exact) mass is 486 g/mol. The van der Waals surface area contributed by atoms with Crippen LogP contribution in [0.5, 0.6) is 0 Å². The van der Waals surface area contributed by atoms with E-state index in [1.807, 2.05) is 65.6 Å². The number of para-hydroxylation sites is 1. The number of rotatable bonds is 5. The molecule has 3 aromatic carbocycles. The van der Waals surface area contributed by atoms with Gasteiger partial charge in [-0.15, -0.1) is 0 Å². The molecule has 0 saturated carbocycles. The molecule has 34 heavy (non-hydrogen) atoms. The molecule has 0 fully saturated rings. The van der Waals surface area contributed by atoms with Gasteiger partial charge in [0.05, 0.1) is 28.3 Å². The van der Waals surface area contributed by atoms with Crippen LogP contribution in [0.2, 0.25) is 10.0 Å². The van der Waals surface area contributed by atoms with Gasteiger partial charge in [0.25, 0.3) is 0 Å². The van der Waals surface area contributed by atoms with Gasteiger partial charge in [-0.1, -0.05) is 77.8 Å². The Hall–Kier alpha value is -3.34. The van der Waals surface area contributed by atoms with Crippen LogP contribution in [0.1, 0.15) is 25.0 Å². The molecule has 0 atom stereocenters. The fraction of sp³-hybridized carbons (Fsp3) is 0.143. The lowest BCUT2D eigenvalue weighted by Gasteiger charge is -2.27. The standard InChI is InChI=1S/C28H24Cl2N4/c1-19-26(24-17-33(18-31-24)28(2,3)21-9-5-4-6-10-21)32-34(25-12-8-7-11-23(25)30)27(19)20-13-15-22(29)16-14-20/h4-18H,1-3H3. The minimum absolute atomic E-state index is 0.259. The summed E-state index contributed by atoms with van der Waals surface area (Å²) in [7, 11) is 0. The van der Waals surface area contributed by atoms with Crippen molar-refractivity contribution in [3.05, 3.63) is 113 Å². The van der Waals surface area contributed by atoms with E-state index < -0.39 is 0 Å². The van der Waals surface area contributed by atoms with Crippen LogP contribution >= 0.6 is 23.2 Å².